The van der Waals surface area contributed by atoms with Crippen molar-refractivity contribution in [3.63, 3.8) is 0 Å². The summed E-state index contributed by atoms with van der Waals surface area (Å²) >= 11 is 0. The number of ether oxygens (including phenoxy) is 2. The summed E-state index contributed by atoms with van der Waals surface area (Å²) in [5, 5.41) is 2.88. The maximum absolute atomic E-state index is 13.1. The van der Waals surface area contributed by atoms with Crippen molar-refractivity contribution >= 4 is 16.9 Å². The fourth-order valence-electron chi connectivity index (χ4n) is 3.93. The third-order valence-electron chi connectivity index (χ3n) is 5.65. The van der Waals surface area contributed by atoms with Crippen LogP contribution in [0.4, 0.5) is 4.39 Å². The van der Waals surface area contributed by atoms with Crippen LogP contribution in [0.3, 0.4) is 0 Å². The van der Waals surface area contributed by atoms with Gasteiger partial charge in [-0.2, -0.15) is 0 Å². The summed E-state index contributed by atoms with van der Waals surface area (Å²) in [6.45, 7) is 5.18. The number of rotatable bonds is 11. The molecule has 4 aromatic rings. The van der Waals surface area contributed by atoms with Crippen molar-refractivity contribution in [1.29, 1.82) is 0 Å². The second kappa shape index (κ2) is 11.3. The minimum Gasteiger partial charge on any atom is -0.493 e. The van der Waals surface area contributed by atoms with Crippen molar-refractivity contribution in [2.24, 2.45) is 0 Å². The summed E-state index contributed by atoms with van der Waals surface area (Å²) in [5.74, 6) is 1.59. The molecule has 1 aromatic heterocycles. The molecule has 0 spiro atoms. The minimum atomic E-state index is -0.372. The molecular formula is C28H28FN3O3. The first kappa shape index (κ1) is 24.0. The highest BCUT2D eigenvalue weighted by Crippen LogP contribution is 2.28. The maximum Gasteiger partial charge on any atom is 0.251 e. The van der Waals surface area contributed by atoms with Crippen LogP contribution in [0.2, 0.25) is 0 Å². The number of hydrogen-bond acceptors (Lipinski definition) is 4. The summed E-state index contributed by atoms with van der Waals surface area (Å²) in [6, 6.07) is 19.3. The standard InChI is InChI=1S/C28H28FN3O3/c1-3-6-20-9-14-25(26(19-20)34-2)35-18-17-32-24-8-5-4-7-23(24)31-27(32)15-16-30-28(33)21-10-12-22(29)13-11-21/h3-5,7-14,19H,1,6,15-18H2,2H3,(H,30,33). The smallest absolute Gasteiger partial charge is 0.251 e. The third-order valence-corrected chi connectivity index (χ3v) is 5.65. The number of hydrogen-bond donors (Lipinski definition) is 1. The largest absolute Gasteiger partial charge is 0.493 e. The number of benzene rings is 3. The lowest BCUT2D eigenvalue weighted by molar-refractivity contribution is 0.0954. The number of amides is 1. The van der Waals surface area contributed by atoms with Gasteiger partial charge in [-0.1, -0.05) is 24.3 Å². The molecule has 0 radical (unpaired) electrons. The lowest BCUT2D eigenvalue weighted by atomic mass is 10.1. The van der Waals surface area contributed by atoms with Crippen molar-refractivity contribution < 1.29 is 18.7 Å². The van der Waals surface area contributed by atoms with Gasteiger partial charge in [0.2, 0.25) is 0 Å². The highest BCUT2D eigenvalue weighted by atomic mass is 19.1. The Balaban J connectivity index is 1.42. The molecule has 4 rings (SSSR count). The summed E-state index contributed by atoms with van der Waals surface area (Å²) in [4.78, 5) is 17.1. The van der Waals surface area contributed by atoms with E-state index in [1.807, 2.05) is 48.5 Å². The van der Waals surface area contributed by atoms with Gasteiger partial charge in [-0.15, -0.1) is 6.58 Å². The average Bonchev–Trinajstić information content (AvgIpc) is 3.22. The van der Waals surface area contributed by atoms with Gasteiger partial charge in [0.25, 0.3) is 5.91 Å². The van der Waals surface area contributed by atoms with Crippen LogP contribution in [0.25, 0.3) is 11.0 Å². The van der Waals surface area contributed by atoms with Gasteiger partial charge in [-0.3, -0.25) is 4.79 Å². The Kier molecular flexibility index (Phi) is 7.77. The molecule has 0 saturated carbocycles. The molecular weight excluding hydrogens is 445 g/mol. The first-order valence-corrected chi connectivity index (χ1v) is 11.5. The quantitative estimate of drug-likeness (QED) is 0.313. The van der Waals surface area contributed by atoms with Gasteiger partial charge in [0.15, 0.2) is 11.5 Å². The van der Waals surface area contributed by atoms with Crippen LogP contribution in [0.15, 0.2) is 79.4 Å². The van der Waals surface area contributed by atoms with Crippen molar-refractivity contribution in [3.8, 4) is 11.5 Å². The minimum absolute atomic E-state index is 0.247. The number of halogens is 1. The SMILES string of the molecule is C=CCc1ccc(OCCn2c(CCNC(=O)c3ccc(F)cc3)nc3ccccc32)c(OC)c1. The molecule has 0 fully saturated rings. The Labute approximate surface area is 204 Å². The lowest BCUT2D eigenvalue weighted by Gasteiger charge is -2.14. The number of fused-ring (bicyclic) bond motifs is 1. The Morgan fingerprint density at radius 1 is 1.11 bits per heavy atom. The molecule has 7 heteroatoms. The Bertz CT molecular complexity index is 1320. The van der Waals surface area contributed by atoms with Gasteiger partial charge >= 0.3 is 0 Å². The van der Waals surface area contributed by atoms with Crippen LogP contribution in [0.1, 0.15) is 21.7 Å². The van der Waals surface area contributed by atoms with Crippen LogP contribution >= 0.6 is 0 Å². The van der Waals surface area contributed by atoms with Crippen LogP contribution < -0.4 is 14.8 Å². The maximum atomic E-state index is 13.1. The molecule has 0 bridgehead atoms. The number of carbonyl (C=O) groups excluding carboxylic acids is 1. The van der Waals surface area contributed by atoms with Gasteiger partial charge in [0.1, 0.15) is 18.2 Å². The van der Waals surface area contributed by atoms with Gasteiger partial charge < -0.3 is 19.4 Å². The predicted molar refractivity (Wildman–Crippen MR) is 135 cm³/mol. The fourth-order valence-corrected chi connectivity index (χ4v) is 3.93. The average molecular weight is 474 g/mol. The molecule has 1 N–H and O–H groups in total. The van der Waals surface area contributed by atoms with Crippen LogP contribution in [0.5, 0.6) is 11.5 Å². The summed E-state index contributed by atoms with van der Waals surface area (Å²) in [6.07, 6.45) is 3.16. The van der Waals surface area contributed by atoms with Gasteiger partial charge in [0, 0.05) is 18.5 Å². The molecule has 0 unspecified atom stereocenters. The van der Waals surface area contributed by atoms with E-state index in [4.69, 9.17) is 14.5 Å². The Morgan fingerprint density at radius 3 is 2.69 bits per heavy atom. The van der Waals surface area contributed by atoms with Crippen molar-refractivity contribution in [3.05, 3.63) is 102 Å². The molecule has 0 saturated heterocycles. The molecule has 1 heterocycles. The first-order chi connectivity index (χ1) is 17.1. The lowest BCUT2D eigenvalue weighted by Crippen LogP contribution is -2.26. The number of para-hydroxylation sites is 2. The van der Waals surface area contributed by atoms with E-state index in [1.54, 1.807) is 7.11 Å². The number of nitrogens with zero attached hydrogens (tertiary/aromatic N) is 2. The van der Waals surface area contributed by atoms with E-state index in [1.165, 1.54) is 24.3 Å². The number of nitrogens with one attached hydrogen (secondary N) is 1. The number of aromatic nitrogens is 2. The molecule has 180 valence electrons. The zero-order chi connectivity index (χ0) is 24.6. The topological polar surface area (TPSA) is 65.4 Å². The molecule has 6 nitrogen and oxygen atoms in total. The number of allylic oxidation sites excluding steroid dienone is 1. The van der Waals surface area contributed by atoms with E-state index in [0.717, 1.165) is 28.8 Å². The van der Waals surface area contributed by atoms with Crippen molar-refractivity contribution in [2.75, 3.05) is 20.3 Å². The van der Waals surface area contributed by atoms with E-state index >= 15 is 0 Å². The zero-order valence-electron chi connectivity index (χ0n) is 19.7. The molecule has 0 aliphatic heterocycles. The first-order valence-electron chi connectivity index (χ1n) is 11.5. The zero-order valence-corrected chi connectivity index (χ0v) is 19.7. The Hall–Kier alpha value is -4.13. The second-order valence-electron chi connectivity index (χ2n) is 8.01. The van der Waals surface area contributed by atoms with E-state index in [-0.39, 0.29) is 11.7 Å². The number of imidazole rings is 1. The molecule has 0 aliphatic carbocycles. The number of carbonyl (C=O) groups is 1. The van der Waals surface area contributed by atoms with Gasteiger partial charge in [-0.05, 0) is 60.5 Å². The molecule has 0 aliphatic rings. The summed E-state index contributed by atoms with van der Waals surface area (Å²) in [7, 11) is 1.63. The van der Waals surface area contributed by atoms with Gasteiger partial charge in [-0.25, -0.2) is 9.37 Å². The van der Waals surface area contributed by atoms with Crippen LogP contribution in [-0.4, -0.2) is 35.7 Å². The monoisotopic (exact) mass is 473 g/mol. The molecule has 0 atom stereocenters. The van der Waals surface area contributed by atoms with E-state index in [0.29, 0.717) is 43.2 Å². The third kappa shape index (κ3) is 5.87. The van der Waals surface area contributed by atoms with Gasteiger partial charge in [0.05, 0.1) is 24.7 Å². The summed E-state index contributed by atoms with van der Waals surface area (Å²) < 4.78 is 26.8. The highest BCUT2D eigenvalue weighted by molar-refractivity contribution is 5.94. The summed E-state index contributed by atoms with van der Waals surface area (Å²) in [5.41, 5.74) is 3.42. The predicted octanol–water partition coefficient (Wildman–Crippen LogP) is 4.96. The van der Waals surface area contributed by atoms with Crippen LogP contribution in [-0.2, 0) is 19.4 Å². The molecule has 3 aromatic carbocycles. The van der Waals surface area contributed by atoms with E-state index < -0.39 is 0 Å². The van der Waals surface area contributed by atoms with E-state index in [2.05, 4.69) is 16.5 Å². The Morgan fingerprint density at radius 2 is 1.91 bits per heavy atom. The highest BCUT2D eigenvalue weighted by Gasteiger charge is 2.13. The normalized spacial score (nSPS) is 10.8. The number of methoxy groups -OCH3 is 1. The molecule has 35 heavy (non-hydrogen) atoms. The van der Waals surface area contributed by atoms with Crippen LogP contribution in [0, 0.1) is 5.82 Å². The van der Waals surface area contributed by atoms with E-state index in [9.17, 15) is 9.18 Å². The molecule has 1 amide bonds. The fraction of sp³-hybridized carbons (Fsp3) is 0.214. The second-order valence-corrected chi connectivity index (χ2v) is 8.01. The van der Waals surface area contributed by atoms with Crippen molar-refractivity contribution in [2.45, 2.75) is 19.4 Å². The van der Waals surface area contributed by atoms with Crippen molar-refractivity contribution in [1.82, 2.24) is 14.9 Å².